The van der Waals surface area contributed by atoms with Gasteiger partial charge in [0.25, 0.3) is 0 Å². The fraction of sp³-hybridized carbons (Fsp3) is 0.280. The van der Waals surface area contributed by atoms with Crippen molar-refractivity contribution < 1.29 is 17.9 Å². The van der Waals surface area contributed by atoms with Crippen LogP contribution in [0.25, 0.3) is 16.5 Å². The van der Waals surface area contributed by atoms with Gasteiger partial charge in [-0.25, -0.2) is 0 Å². The number of aryl methyl sites for hydroxylation is 3. The molecule has 0 amide bonds. The third kappa shape index (κ3) is 4.25. The number of nitrogens with one attached hydrogen (secondary N) is 1. The molecule has 5 nitrogen and oxygen atoms in total. The predicted molar refractivity (Wildman–Crippen MR) is 123 cm³/mol. The minimum absolute atomic E-state index is 0.0186. The van der Waals surface area contributed by atoms with Gasteiger partial charge in [0, 0.05) is 34.4 Å². The number of halogens is 3. The van der Waals surface area contributed by atoms with Gasteiger partial charge in [-0.15, -0.1) is 5.10 Å². The van der Waals surface area contributed by atoms with E-state index in [-0.39, 0.29) is 12.1 Å². The average molecular weight is 454 g/mol. The summed E-state index contributed by atoms with van der Waals surface area (Å²) in [6.45, 7) is 8.37. The smallest absolute Gasteiger partial charge is 0.416 e. The Bertz CT molecular complexity index is 1290. The molecule has 0 bridgehead atoms. The van der Waals surface area contributed by atoms with Crippen molar-refractivity contribution in [3.63, 3.8) is 0 Å². The Morgan fingerprint density at radius 1 is 0.909 bits per heavy atom. The van der Waals surface area contributed by atoms with Gasteiger partial charge in [-0.05, 0) is 63.6 Å². The van der Waals surface area contributed by atoms with Crippen LogP contribution in [0.15, 0.2) is 48.5 Å². The van der Waals surface area contributed by atoms with E-state index in [9.17, 15) is 13.2 Å². The summed E-state index contributed by atoms with van der Waals surface area (Å²) in [7, 11) is 0. The molecule has 0 aliphatic rings. The summed E-state index contributed by atoms with van der Waals surface area (Å²) < 4.78 is 47.8. The van der Waals surface area contributed by atoms with Gasteiger partial charge < -0.3 is 14.6 Å². The summed E-state index contributed by atoms with van der Waals surface area (Å²) in [5.41, 5.74) is 3.12. The first kappa shape index (κ1) is 22.6. The zero-order valence-corrected chi connectivity index (χ0v) is 18.9. The van der Waals surface area contributed by atoms with Crippen molar-refractivity contribution in [1.82, 2.24) is 14.8 Å². The third-order valence-corrected chi connectivity index (χ3v) is 5.72. The van der Waals surface area contributed by atoms with Crippen LogP contribution in [0.2, 0.25) is 0 Å². The van der Waals surface area contributed by atoms with E-state index >= 15 is 0 Å². The Balaban J connectivity index is 1.76. The maximum Gasteiger partial charge on any atom is 0.416 e. The lowest BCUT2D eigenvalue weighted by Gasteiger charge is -2.14. The maximum absolute atomic E-state index is 13.4. The maximum atomic E-state index is 13.4. The summed E-state index contributed by atoms with van der Waals surface area (Å²) >= 11 is 0. The average Bonchev–Trinajstić information content (AvgIpc) is 3.05. The Morgan fingerprint density at radius 3 is 2.24 bits per heavy atom. The lowest BCUT2D eigenvalue weighted by Crippen LogP contribution is -2.12. The van der Waals surface area contributed by atoms with Crippen LogP contribution in [0.4, 0.5) is 19.0 Å². The number of hydrogen-bond donors (Lipinski definition) is 1. The van der Waals surface area contributed by atoms with Gasteiger partial charge in [-0.3, -0.25) is 0 Å². The molecule has 4 rings (SSSR count). The van der Waals surface area contributed by atoms with Crippen molar-refractivity contribution in [2.24, 2.45) is 0 Å². The first-order chi connectivity index (χ1) is 15.7. The molecule has 2 heterocycles. The molecule has 4 aromatic rings. The van der Waals surface area contributed by atoms with Crippen LogP contribution in [0.1, 0.15) is 35.1 Å². The number of fused-ring (bicyclic) bond motifs is 1. The first-order valence-corrected chi connectivity index (χ1v) is 10.7. The van der Waals surface area contributed by atoms with Crippen molar-refractivity contribution in [1.29, 1.82) is 0 Å². The molecule has 0 unspecified atom stereocenters. The Kier molecular flexibility index (Phi) is 6.01. The summed E-state index contributed by atoms with van der Waals surface area (Å²) in [5.74, 6) is 1.25. The van der Waals surface area contributed by atoms with Crippen molar-refractivity contribution in [3.05, 3.63) is 76.7 Å². The molecule has 33 heavy (non-hydrogen) atoms. The number of nitrogens with zero attached hydrogens (tertiary/aromatic N) is 3. The molecule has 0 atom stereocenters. The summed E-state index contributed by atoms with van der Waals surface area (Å²) in [6, 6.07) is 13.3. The summed E-state index contributed by atoms with van der Waals surface area (Å²) in [5, 5.41) is 13.4. The highest BCUT2D eigenvalue weighted by Crippen LogP contribution is 2.36. The SMILES string of the molecule is CCOc1ccc(-n2c(C)c3c(C)nnc(NCc4ccccc4C(F)(F)F)c3c2C)cc1. The number of hydrogen-bond acceptors (Lipinski definition) is 4. The van der Waals surface area contributed by atoms with Gasteiger partial charge in [0.2, 0.25) is 0 Å². The zero-order chi connectivity index (χ0) is 23.8. The normalized spacial score (nSPS) is 11.7. The second-order valence-corrected chi connectivity index (χ2v) is 7.83. The van der Waals surface area contributed by atoms with E-state index in [4.69, 9.17) is 4.74 Å². The van der Waals surface area contributed by atoms with E-state index in [0.717, 1.165) is 45.4 Å². The van der Waals surface area contributed by atoms with E-state index in [2.05, 4.69) is 20.1 Å². The van der Waals surface area contributed by atoms with E-state index in [1.165, 1.54) is 12.1 Å². The van der Waals surface area contributed by atoms with Gasteiger partial charge in [-0.2, -0.15) is 18.3 Å². The molecule has 0 saturated carbocycles. The zero-order valence-electron chi connectivity index (χ0n) is 18.9. The van der Waals surface area contributed by atoms with Crippen LogP contribution >= 0.6 is 0 Å². The molecular formula is C25H25F3N4O. The largest absolute Gasteiger partial charge is 0.494 e. The topological polar surface area (TPSA) is 52.0 Å². The van der Waals surface area contributed by atoms with E-state index in [1.54, 1.807) is 6.07 Å². The van der Waals surface area contributed by atoms with Gasteiger partial charge in [-0.1, -0.05) is 18.2 Å². The van der Waals surface area contributed by atoms with Gasteiger partial charge in [0.15, 0.2) is 5.82 Å². The molecule has 2 aromatic carbocycles. The quantitative estimate of drug-likeness (QED) is 0.368. The van der Waals surface area contributed by atoms with Crippen molar-refractivity contribution in [2.75, 3.05) is 11.9 Å². The van der Waals surface area contributed by atoms with Crippen LogP contribution in [0.5, 0.6) is 5.75 Å². The van der Waals surface area contributed by atoms with E-state index < -0.39 is 11.7 Å². The standard InChI is InChI=1S/C25H25F3N4O/c1-5-33-20-12-10-19(11-13-20)32-16(3)22-15(2)30-31-24(23(22)17(32)4)29-14-18-8-6-7-9-21(18)25(26,27)28/h6-13H,5,14H2,1-4H3,(H,29,31). The van der Waals surface area contributed by atoms with Crippen LogP contribution in [-0.2, 0) is 12.7 Å². The fourth-order valence-electron chi connectivity index (χ4n) is 4.29. The van der Waals surface area contributed by atoms with E-state index in [0.29, 0.717) is 12.4 Å². The second kappa shape index (κ2) is 8.77. The molecule has 0 radical (unpaired) electrons. The second-order valence-electron chi connectivity index (χ2n) is 7.83. The van der Waals surface area contributed by atoms with Gasteiger partial charge >= 0.3 is 6.18 Å². The van der Waals surface area contributed by atoms with Crippen molar-refractivity contribution in [2.45, 2.75) is 40.4 Å². The summed E-state index contributed by atoms with van der Waals surface area (Å²) in [4.78, 5) is 0. The Hall–Kier alpha value is -3.55. The Morgan fingerprint density at radius 2 is 1.58 bits per heavy atom. The number of alkyl halides is 3. The van der Waals surface area contributed by atoms with E-state index in [1.807, 2.05) is 52.0 Å². The van der Waals surface area contributed by atoms with Crippen LogP contribution in [0.3, 0.4) is 0 Å². The molecule has 0 saturated heterocycles. The van der Waals surface area contributed by atoms with Crippen LogP contribution < -0.4 is 10.1 Å². The minimum atomic E-state index is -4.42. The number of rotatable bonds is 6. The molecule has 2 aromatic heterocycles. The fourth-order valence-corrected chi connectivity index (χ4v) is 4.29. The molecular weight excluding hydrogens is 429 g/mol. The molecule has 0 aliphatic carbocycles. The van der Waals surface area contributed by atoms with Crippen LogP contribution in [-0.4, -0.2) is 21.4 Å². The number of benzene rings is 2. The molecule has 0 spiro atoms. The number of anilines is 1. The molecule has 0 fully saturated rings. The minimum Gasteiger partial charge on any atom is -0.494 e. The first-order valence-electron chi connectivity index (χ1n) is 10.7. The monoisotopic (exact) mass is 454 g/mol. The van der Waals surface area contributed by atoms with Gasteiger partial charge in [0.1, 0.15) is 5.75 Å². The number of aromatic nitrogens is 3. The van der Waals surface area contributed by atoms with Crippen molar-refractivity contribution >= 4 is 16.6 Å². The highest BCUT2D eigenvalue weighted by Gasteiger charge is 2.32. The molecule has 172 valence electrons. The summed E-state index contributed by atoms with van der Waals surface area (Å²) in [6.07, 6.45) is -4.42. The van der Waals surface area contributed by atoms with Crippen LogP contribution in [0, 0.1) is 20.8 Å². The highest BCUT2D eigenvalue weighted by atomic mass is 19.4. The van der Waals surface area contributed by atoms with Gasteiger partial charge in [0.05, 0.1) is 17.9 Å². The highest BCUT2D eigenvalue weighted by molar-refractivity contribution is 5.98. The third-order valence-electron chi connectivity index (χ3n) is 5.72. The molecule has 8 heteroatoms. The predicted octanol–water partition coefficient (Wildman–Crippen LogP) is 6.38. The lowest BCUT2D eigenvalue weighted by atomic mass is 10.1. The number of ether oxygens (including phenoxy) is 1. The molecule has 1 N–H and O–H groups in total. The Labute approximate surface area is 190 Å². The molecule has 0 aliphatic heterocycles. The lowest BCUT2D eigenvalue weighted by molar-refractivity contribution is -0.138. The van der Waals surface area contributed by atoms with Crippen molar-refractivity contribution in [3.8, 4) is 11.4 Å².